The average Bonchev–Trinajstić information content (AvgIpc) is 3.19. The van der Waals surface area contributed by atoms with Gasteiger partial charge in [-0.15, -0.1) is 11.3 Å². The van der Waals surface area contributed by atoms with Gasteiger partial charge in [-0.25, -0.2) is 13.4 Å². The van der Waals surface area contributed by atoms with Crippen LogP contribution in [-0.2, 0) is 28.9 Å². The van der Waals surface area contributed by atoms with Crippen molar-refractivity contribution >= 4 is 43.3 Å². The second-order valence-electron chi connectivity index (χ2n) is 9.37. The van der Waals surface area contributed by atoms with Gasteiger partial charge in [0.05, 0.1) is 16.0 Å². The predicted octanol–water partition coefficient (Wildman–Crippen LogP) is 5.18. The molecule has 1 aliphatic rings. The summed E-state index contributed by atoms with van der Waals surface area (Å²) in [6.07, 6.45) is 4.68. The van der Waals surface area contributed by atoms with Gasteiger partial charge < -0.3 is 9.47 Å². The Morgan fingerprint density at radius 2 is 1.80 bits per heavy atom. The highest BCUT2D eigenvalue weighted by atomic mass is 32.2. The third kappa shape index (κ3) is 6.46. The van der Waals surface area contributed by atoms with Gasteiger partial charge in [0.1, 0.15) is 6.10 Å². The Hall–Kier alpha value is -2.78. The van der Waals surface area contributed by atoms with Crippen molar-refractivity contribution in [1.82, 2.24) is 4.98 Å². The van der Waals surface area contributed by atoms with E-state index in [2.05, 4.69) is 4.98 Å². The summed E-state index contributed by atoms with van der Waals surface area (Å²) in [7, 11) is -3.56. The monoisotopic (exact) mass is 517 g/mol. The lowest BCUT2D eigenvalue weighted by atomic mass is 9.70. The molecule has 0 aliphatic heterocycles. The van der Waals surface area contributed by atoms with E-state index in [0.29, 0.717) is 11.9 Å². The molecule has 0 radical (unpaired) electrons. The molecule has 0 saturated heterocycles. The molecule has 0 N–H and O–H groups in total. The first-order chi connectivity index (χ1) is 16.3. The van der Waals surface area contributed by atoms with E-state index in [4.69, 9.17) is 9.47 Å². The zero-order valence-electron chi connectivity index (χ0n) is 20.8. The Morgan fingerprint density at radius 3 is 2.43 bits per heavy atom. The number of benzene rings is 1. The maximum atomic E-state index is 12.8. The standard InChI is InChI=1S/C26H31NO6S2/c1-16(13-14-35(30,31)25-27-21-9-7-8-10-23(21)34-25)11-12-20-17(2)24(33-19(4)29)22(32-18(3)28)15-26(20,5)6/h7-13,22,24H,14-15H2,1-6H3/b12-11+,16-13-. The van der Waals surface area contributed by atoms with Crippen LogP contribution in [0, 0.1) is 5.41 Å². The number of rotatable bonds is 7. The lowest BCUT2D eigenvalue weighted by Gasteiger charge is -2.41. The molecule has 1 aromatic carbocycles. The molecule has 0 bridgehead atoms. The van der Waals surface area contributed by atoms with Crippen molar-refractivity contribution in [3.8, 4) is 0 Å². The molecule has 0 saturated carbocycles. The number of aromatic nitrogens is 1. The molecule has 2 atom stereocenters. The van der Waals surface area contributed by atoms with Crippen molar-refractivity contribution in [3.05, 3.63) is 59.2 Å². The molecule has 3 rings (SSSR count). The van der Waals surface area contributed by atoms with Gasteiger partial charge in [0.2, 0.25) is 14.2 Å². The molecule has 0 fully saturated rings. The average molecular weight is 518 g/mol. The number of esters is 2. The molecule has 188 valence electrons. The number of fused-ring (bicyclic) bond motifs is 1. The van der Waals surface area contributed by atoms with E-state index < -0.39 is 34.0 Å². The zero-order chi connectivity index (χ0) is 26.0. The van der Waals surface area contributed by atoms with Gasteiger partial charge in [-0.3, -0.25) is 9.59 Å². The summed E-state index contributed by atoms with van der Waals surface area (Å²) in [5.74, 6) is -1.04. The topological polar surface area (TPSA) is 99.6 Å². The number of allylic oxidation sites excluding steroid dienone is 4. The summed E-state index contributed by atoms with van der Waals surface area (Å²) in [6.45, 7) is 10.4. The Kier molecular flexibility index (Phi) is 8.01. The number of thiazole rings is 1. The number of sulfone groups is 1. The van der Waals surface area contributed by atoms with Gasteiger partial charge in [0.25, 0.3) is 0 Å². The van der Waals surface area contributed by atoms with Gasteiger partial charge in [0.15, 0.2) is 6.10 Å². The highest BCUT2D eigenvalue weighted by Gasteiger charge is 2.42. The number of para-hydroxylation sites is 1. The fraction of sp³-hybridized carbons (Fsp3) is 0.423. The van der Waals surface area contributed by atoms with Crippen LogP contribution in [0.1, 0.15) is 48.0 Å². The second kappa shape index (κ2) is 10.5. The molecule has 1 aliphatic carbocycles. The van der Waals surface area contributed by atoms with Crippen molar-refractivity contribution < 1.29 is 27.5 Å². The first-order valence-corrected chi connectivity index (χ1v) is 13.8. The van der Waals surface area contributed by atoms with Crippen LogP contribution in [0.4, 0.5) is 0 Å². The fourth-order valence-electron chi connectivity index (χ4n) is 4.28. The summed E-state index contributed by atoms with van der Waals surface area (Å²) in [4.78, 5) is 27.6. The molecule has 0 spiro atoms. The minimum absolute atomic E-state index is 0.111. The minimum Gasteiger partial charge on any atom is -0.458 e. The summed E-state index contributed by atoms with van der Waals surface area (Å²) < 4.78 is 37.6. The summed E-state index contributed by atoms with van der Waals surface area (Å²) in [5.41, 5.74) is 2.85. The predicted molar refractivity (Wildman–Crippen MR) is 137 cm³/mol. The Bertz CT molecular complexity index is 1300. The largest absolute Gasteiger partial charge is 0.458 e. The lowest BCUT2D eigenvalue weighted by Crippen LogP contribution is -2.43. The maximum absolute atomic E-state index is 12.8. The summed E-state index contributed by atoms with van der Waals surface area (Å²) >= 11 is 1.17. The summed E-state index contributed by atoms with van der Waals surface area (Å²) in [6, 6.07) is 7.34. The Morgan fingerprint density at radius 1 is 1.14 bits per heavy atom. The minimum atomic E-state index is -3.56. The molecule has 9 heteroatoms. The van der Waals surface area contributed by atoms with Gasteiger partial charge in [-0.1, -0.05) is 49.8 Å². The van der Waals surface area contributed by atoms with Crippen LogP contribution in [0.25, 0.3) is 10.2 Å². The van der Waals surface area contributed by atoms with E-state index >= 15 is 0 Å². The van der Waals surface area contributed by atoms with Gasteiger partial charge in [-0.05, 0) is 49.0 Å². The van der Waals surface area contributed by atoms with E-state index in [1.165, 1.54) is 25.2 Å². The van der Waals surface area contributed by atoms with Gasteiger partial charge in [0, 0.05) is 13.8 Å². The maximum Gasteiger partial charge on any atom is 0.303 e. The highest BCUT2D eigenvalue weighted by Crippen LogP contribution is 2.43. The van der Waals surface area contributed by atoms with Crippen molar-refractivity contribution in [2.24, 2.45) is 5.41 Å². The molecule has 2 aromatic rings. The number of carbonyl (C=O) groups excluding carboxylic acids is 2. The Balaban J connectivity index is 1.84. The van der Waals surface area contributed by atoms with Crippen molar-refractivity contribution in [2.45, 2.75) is 64.5 Å². The van der Waals surface area contributed by atoms with Crippen molar-refractivity contribution in [1.29, 1.82) is 0 Å². The van der Waals surface area contributed by atoms with E-state index in [1.54, 1.807) is 12.1 Å². The fourth-order valence-corrected chi connectivity index (χ4v) is 6.82. The van der Waals surface area contributed by atoms with E-state index in [1.807, 2.05) is 58.0 Å². The highest BCUT2D eigenvalue weighted by molar-refractivity contribution is 7.93. The quantitative estimate of drug-likeness (QED) is 0.368. The molecule has 0 amide bonds. The molecule has 2 unspecified atom stereocenters. The third-order valence-electron chi connectivity index (χ3n) is 5.92. The van der Waals surface area contributed by atoms with Crippen molar-refractivity contribution in [2.75, 3.05) is 5.75 Å². The molecule has 35 heavy (non-hydrogen) atoms. The van der Waals surface area contributed by atoms with Crippen LogP contribution in [0.5, 0.6) is 0 Å². The molecule has 7 nitrogen and oxygen atoms in total. The molecular formula is C26H31NO6S2. The van der Waals surface area contributed by atoms with Crippen molar-refractivity contribution in [3.63, 3.8) is 0 Å². The van der Waals surface area contributed by atoms with Crippen LogP contribution in [0.2, 0.25) is 0 Å². The number of carbonyl (C=O) groups is 2. The molecular weight excluding hydrogens is 486 g/mol. The van der Waals surface area contributed by atoms with Crippen LogP contribution in [-0.4, -0.2) is 43.3 Å². The number of hydrogen-bond donors (Lipinski definition) is 0. The van der Waals surface area contributed by atoms with Crippen LogP contribution in [0.3, 0.4) is 0 Å². The van der Waals surface area contributed by atoms with E-state index in [-0.39, 0.29) is 15.5 Å². The van der Waals surface area contributed by atoms with E-state index in [0.717, 1.165) is 21.4 Å². The van der Waals surface area contributed by atoms with Gasteiger partial charge >= 0.3 is 11.9 Å². The number of hydrogen-bond acceptors (Lipinski definition) is 8. The SMILES string of the molecule is CC(=O)OC1CC(C)(C)C(/C=C/C(C)=C\CS(=O)(=O)c2nc3ccccc3s2)=C(C)C1OC(C)=O. The lowest BCUT2D eigenvalue weighted by molar-refractivity contribution is -0.165. The number of nitrogens with zero attached hydrogens (tertiary/aromatic N) is 1. The first-order valence-electron chi connectivity index (χ1n) is 11.3. The van der Waals surface area contributed by atoms with Gasteiger partial charge in [-0.2, -0.15) is 0 Å². The molecule has 1 heterocycles. The summed E-state index contributed by atoms with van der Waals surface area (Å²) in [5, 5.41) is 0. The van der Waals surface area contributed by atoms with Crippen LogP contribution < -0.4 is 0 Å². The van der Waals surface area contributed by atoms with Crippen LogP contribution in [0.15, 0.2) is 63.6 Å². The third-order valence-corrected chi connectivity index (χ3v) is 8.99. The molecule has 1 aromatic heterocycles. The smallest absolute Gasteiger partial charge is 0.303 e. The second-order valence-corrected chi connectivity index (χ2v) is 12.6. The first kappa shape index (κ1) is 26.8. The van der Waals surface area contributed by atoms with E-state index in [9.17, 15) is 18.0 Å². The number of ether oxygens (including phenoxy) is 2. The normalized spacial score (nSPS) is 20.9. The van der Waals surface area contributed by atoms with Crippen LogP contribution >= 0.6 is 11.3 Å². The Labute approximate surface area is 210 Å². The zero-order valence-corrected chi connectivity index (χ0v) is 22.5.